The Morgan fingerprint density at radius 3 is 1.18 bits per heavy atom. The highest BCUT2D eigenvalue weighted by molar-refractivity contribution is 6.53. The van der Waals surface area contributed by atoms with Gasteiger partial charge in [-0.1, -0.05) is 214 Å². The van der Waals surface area contributed by atoms with Gasteiger partial charge in [0, 0.05) is 35.5 Å². The van der Waals surface area contributed by atoms with Crippen LogP contribution in [0.15, 0.2) is 202 Å². The van der Waals surface area contributed by atoms with E-state index in [0.717, 1.165) is 22.8 Å². The molecule has 9 rings (SSSR count). The zero-order valence-corrected chi connectivity index (χ0v) is 37.5. The minimum atomic E-state index is 0.0557. The van der Waals surface area contributed by atoms with Gasteiger partial charge >= 0.3 is 0 Å². The lowest BCUT2D eigenvalue weighted by atomic mass is 9.75. The SMILES string of the molecule is CC1=CC=C2C=CC(C)=C3C(=Nc4c(C(C)c5ccccc5)cc(C)cc4C(C)c4ccccc4)C(=Nc4c(C(C)c5ccccc5)cc(C)cc4C(C)c4ccccc4)C1C23. The van der Waals surface area contributed by atoms with Crippen LogP contribution in [0.4, 0.5) is 11.4 Å². The van der Waals surface area contributed by atoms with Crippen molar-refractivity contribution in [1.29, 1.82) is 0 Å². The van der Waals surface area contributed by atoms with Gasteiger partial charge in [-0.2, -0.15) is 0 Å². The van der Waals surface area contributed by atoms with Crippen molar-refractivity contribution in [2.24, 2.45) is 21.8 Å². The van der Waals surface area contributed by atoms with Gasteiger partial charge in [-0.25, -0.2) is 9.98 Å². The molecule has 6 aromatic rings. The maximum Gasteiger partial charge on any atom is 0.0899 e. The van der Waals surface area contributed by atoms with Gasteiger partial charge in [-0.15, -0.1) is 0 Å². The zero-order chi connectivity index (χ0) is 43.1. The summed E-state index contributed by atoms with van der Waals surface area (Å²) in [6.07, 6.45) is 9.28. The van der Waals surface area contributed by atoms with Crippen LogP contribution in [-0.2, 0) is 0 Å². The molecule has 0 N–H and O–H groups in total. The quantitative estimate of drug-likeness (QED) is 0.132. The van der Waals surface area contributed by atoms with Crippen LogP contribution in [0.25, 0.3) is 0 Å². The molecule has 0 saturated heterocycles. The number of rotatable bonds is 10. The summed E-state index contributed by atoms with van der Waals surface area (Å²) in [5.74, 6) is 0.683. The van der Waals surface area contributed by atoms with Crippen molar-refractivity contribution in [3.8, 4) is 0 Å². The van der Waals surface area contributed by atoms with Crippen molar-refractivity contribution in [1.82, 2.24) is 0 Å². The molecule has 62 heavy (non-hydrogen) atoms. The van der Waals surface area contributed by atoms with Gasteiger partial charge in [-0.3, -0.25) is 0 Å². The first kappa shape index (κ1) is 41.0. The second-order valence-electron chi connectivity index (χ2n) is 18.0. The monoisotopic (exact) mass is 806 g/mol. The van der Waals surface area contributed by atoms with Crippen LogP contribution in [0, 0.1) is 25.7 Å². The third-order valence-electron chi connectivity index (χ3n) is 13.9. The van der Waals surface area contributed by atoms with E-state index in [1.165, 1.54) is 77.9 Å². The van der Waals surface area contributed by atoms with Gasteiger partial charge in [-0.05, 0) is 88.9 Å². The van der Waals surface area contributed by atoms with Gasteiger partial charge in [0.05, 0.1) is 22.8 Å². The molecular weight excluding hydrogens is 749 g/mol. The summed E-state index contributed by atoms with van der Waals surface area (Å²) in [5.41, 5.74) is 22.1. The average molecular weight is 807 g/mol. The van der Waals surface area contributed by atoms with E-state index >= 15 is 0 Å². The van der Waals surface area contributed by atoms with Gasteiger partial charge in [0.15, 0.2) is 0 Å². The first-order chi connectivity index (χ1) is 30.1. The van der Waals surface area contributed by atoms with E-state index in [2.05, 4.69) is 225 Å². The summed E-state index contributed by atoms with van der Waals surface area (Å²) in [6.45, 7) is 18.4. The lowest BCUT2D eigenvalue weighted by molar-refractivity contribution is 0.642. The second kappa shape index (κ2) is 17.2. The number of hydrogen-bond acceptors (Lipinski definition) is 2. The number of hydrogen-bond donors (Lipinski definition) is 0. The Labute approximate surface area is 369 Å². The lowest BCUT2D eigenvalue weighted by Crippen LogP contribution is -2.22. The van der Waals surface area contributed by atoms with E-state index in [1.807, 2.05) is 0 Å². The van der Waals surface area contributed by atoms with Crippen molar-refractivity contribution in [2.75, 3.05) is 0 Å². The molecule has 0 spiro atoms. The molecule has 0 radical (unpaired) electrons. The van der Waals surface area contributed by atoms with E-state index in [-0.39, 0.29) is 35.5 Å². The van der Waals surface area contributed by atoms with Crippen molar-refractivity contribution >= 4 is 22.8 Å². The van der Waals surface area contributed by atoms with E-state index in [0.29, 0.717) is 0 Å². The normalized spacial score (nSPS) is 20.1. The zero-order valence-electron chi connectivity index (χ0n) is 37.5. The number of allylic oxidation sites excluding steroid dienone is 8. The molecule has 3 aliphatic rings. The summed E-state index contributed by atoms with van der Waals surface area (Å²) < 4.78 is 0. The van der Waals surface area contributed by atoms with E-state index in [4.69, 9.17) is 9.98 Å². The minimum Gasteiger partial charge on any atom is -0.250 e. The third-order valence-corrected chi connectivity index (χ3v) is 13.9. The Bertz CT molecular complexity index is 2680. The van der Waals surface area contributed by atoms with Crippen molar-refractivity contribution in [3.63, 3.8) is 0 Å². The van der Waals surface area contributed by atoms with Gasteiger partial charge in [0.2, 0.25) is 0 Å². The molecule has 2 heteroatoms. The van der Waals surface area contributed by atoms with Crippen LogP contribution in [0.1, 0.15) is 121 Å². The van der Waals surface area contributed by atoms with Crippen molar-refractivity contribution < 1.29 is 0 Å². The highest BCUT2D eigenvalue weighted by atomic mass is 14.9. The summed E-state index contributed by atoms with van der Waals surface area (Å²) in [6, 6.07) is 53.3. The van der Waals surface area contributed by atoms with E-state index in [1.54, 1.807) is 0 Å². The summed E-state index contributed by atoms with van der Waals surface area (Å²) >= 11 is 0. The van der Waals surface area contributed by atoms with Crippen LogP contribution >= 0.6 is 0 Å². The molecule has 0 aliphatic heterocycles. The van der Waals surface area contributed by atoms with Crippen LogP contribution < -0.4 is 0 Å². The van der Waals surface area contributed by atoms with Gasteiger partial charge in [0.25, 0.3) is 0 Å². The molecular formula is C60H58N2. The second-order valence-corrected chi connectivity index (χ2v) is 18.0. The standard InChI is InChI=1S/C60H58N2/c1-37-33-50(41(5)45-21-13-9-14-22-45)57(51(34-37)42(6)46-23-15-10-16-24-46)61-59-54-39(3)29-31-49-32-30-40(4)55(56(49)54)60(59)62-58-52(43(7)47-25-17-11-18-26-47)35-38(2)36-53(58)44(8)48-27-19-12-20-28-48/h9-36,41-44,54,56H,1-8H3. The number of nitrogens with zero attached hydrogens (tertiary/aromatic N) is 2. The molecule has 1 saturated carbocycles. The lowest BCUT2D eigenvalue weighted by Gasteiger charge is -2.28. The third kappa shape index (κ3) is 7.62. The van der Waals surface area contributed by atoms with Gasteiger partial charge < -0.3 is 0 Å². The fraction of sp³-hybridized carbons (Fsp3) is 0.233. The summed E-state index contributed by atoms with van der Waals surface area (Å²) in [5, 5.41) is 0. The highest BCUT2D eigenvalue weighted by Gasteiger charge is 2.47. The predicted octanol–water partition coefficient (Wildman–Crippen LogP) is 15.8. The van der Waals surface area contributed by atoms with E-state index in [9.17, 15) is 0 Å². The Morgan fingerprint density at radius 2 is 0.790 bits per heavy atom. The Hall–Kier alpha value is -6.38. The van der Waals surface area contributed by atoms with Gasteiger partial charge in [0.1, 0.15) is 0 Å². The minimum absolute atomic E-state index is 0.0557. The predicted molar refractivity (Wildman–Crippen MR) is 263 cm³/mol. The largest absolute Gasteiger partial charge is 0.250 e. The molecule has 308 valence electrons. The highest BCUT2D eigenvalue weighted by Crippen LogP contribution is 2.52. The maximum absolute atomic E-state index is 6.14. The smallest absolute Gasteiger partial charge is 0.0899 e. The molecule has 2 nitrogen and oxygen atoms in total. The molecule has 0 heterocycles. The molecule has 0 amide bonds. The first-order valence-electron chi connectivity index (χ1n) is 22.5. The fourth-order valence-corrected chi connectivity index (χ4v) is 10.3. The molecule has 6 atom stereocenters. The molecule has 6 aromatic carbocycles. The fourth-order valence-electron chi connectivity index (χ4n) is 10.3. The molecule has 0 aromatic heterocycles. The Kier molecular flexibility index (Phi) is 11.4. The van der Waals surface area contributed by atoms with Crippen LogP contribution in [0.3, 0.4) is 0 Å². The Balaban J connectivity index is 1.37. The summed E-state index contributed by atoms with van der Waals surface area (Å²) in [4.78, 5) is 12.3. The van der Waals surface area contributed by atoms with Crippen molar-refractivity contribution in [2.45, 2.75) is 79.1 Å². The van der Waals surface area contributed by atoms with Crippen LogP contribution in [-0.4, -0.2) is 11.4 Å². The first-order valence-corrected chi connectivity index (χ1v) is 22.5. The number of aliphatic imine (C=N–C) groups is 2. The molecule has 6 unspecified atom stereocenters. The van der Waals surface area contributed by atoms with Crippen LogP contribution in [0.2, 0.25) is 0 Å². The summed E-state index contributed by atoms with van der Waals surface area (Å²) in [7, 11) is 0. The van der Waals surface area contributed by atoms with Crippen molar-refractivity contribution in [3.05, 3.63) is 248 Å². The number of benzene rings is 6. The molecule has 3 aliphatic carbocycles. The maximum atomic E-state index is 6.14. The van der Waals surface area contributed by atoms with E-state index < -0.39 is 0 Å². The molecule has 1 fully saturated rings. The van der Waals surface area contributed by atoms with Crippen LogP contribution in [0.5, 0.6) is 0 Å². The number of aryl methyl sites for hydroxylation is 2. The topological polar surface area (TPSA) is 24.7 Å². The molecule has 0 bridgehead atoms. The average Bonchev–Trinajstić information content (AvgIpc) is 3.64. The Morgan fingerprint density at radius 1 is 0.419 bits per heavy atom.